The van der Waals surface area contributed by atoms with Crippen LogP contribution >= 0.6 is 0 Å². The molecule has 4 aromatic rings. The largest absolute Gasteiger partial charge is 0.493 e. The predicted octanol–water partition coefficient (Wildman–Crippen LogP) is 3.19. The molecule has 0 bridgehead atoms. The lowest BCUT2D eigenvalue weighted by molar-refractivity contribution is 0.0947. The Hall–Kier alpha value is -4.00. The van der Waals surface area contributed by atoms with Crippen molar-refractivity contribution in [2.45, 2.75) is 6.54 Å². The zero-order valence-corrected chi connectivity index (χ0v) is 15.6. The first kappa shape index (κ1) is 18.4. The Bertz CT molecular complexity index is 1240. The van der Waals surface area contributed by atoms with E-state index in [9.17, 15) is 9.59 Å². The number of pyridine rings is 2. The van der Waals surface area contributed by atoms with Gasteiger partial charge in [0.05, 0.1) is 12.8 Å². The average Bonchev–Trinajstić information content (AvgIpc) is 2.77. The maximum absolute atomic E-state index is 12.7. The summed E-state index contributed by atoms with van der Waals surface area (Å²) in [6.45, 7) is 0.208. The average molecular weight is 387 g/mol. The van der Waals surface area contributed by atoms with Crippen LogP contribution in [0.15, 0.2) is 76.3 Å². The first-order valence-corrected chi connectivity index (χ1v) is 8.90. The molecule has 0 radical (unpaired) electrons. The molecule has 1 aromatic carbocycles. The number of carbonyl (C=O) groups excluding carboxylic acids is 1. The first-order chi connectivity index (χ1) is 14.2. The molecule has 3 aromatic heterocycles. The Morgan fingerprint density at radius 2 is 1.93 bits per heavy atom. The zero-order chi connectivity index (χ0) is 20.2. The first-order valence-electron chi connectivity index (χ1n) is 8.90. The van der Waals surface area contributed by atoms with Gasteiger partial charge in [-0.15, -0.1) is 0 Å². The smallest absolute Gasteiger partial charge is 0.349 e. The molecule has 144 valence electrons. The van der Waals surface area contributed by atoms with E-state index in [1.54, 1.807) is 42.9 Å². The van der Waals surface area contributed by atoms with Crippen LogP contribution in [0.1, 0.15) is 15.9 Å². The molecule has 0 aliphatic carbocycles. The lowest BCUT2D eigenvalue weighted by Gasteiger charge is -2.10. The second-order valence-electron chi connectivity index (χ2n) is 6.26. The maximum atomic E-state index is 12.7. The van der Waals surface area contributed by atoms with Crippen molar-refractivity contribution in [1.82, 2.24) is 15.3 Å². The van der Waals surface area contributed by atoms with Gasteiger partial charge in [-0.1, -0.05) is 18.2 Å². The molecule has 0 saturated heterocycles. The van der Waals surface area contributed by atoms with Gasteiger partial charge < -0.3 is 14.5 Å². The lowest BCUT2D eigenvalue weighted by atomic mass is 10.1. The fraction of sp³-hybridized carbons (Fsp3) is 0.0909. The van der Waals surface area contributed by atoms with E-state index in [2.05, 4.69) is 15.3 Å². The number of ether oxygens (including phenoxy) is 1. The van der Waals surface area contributed by atoms with Crippen molar-refractivity contribution < 1.29 is 13.9 Å². The highest BCUT2D eigenvalue weighted by molar-refractivity contribution is 5.97. The highest BCUT2D eigenvalue weighted by Gasteiger charge is 2.16. The van der Waals surface area contributed by atoms with E-state index in [-0.39, 0.29) is 12.1 Å². The Balaban J connectivity index is 1.60. The van der Waals surface area contributed by atoms with Crippen LogP contribution in [0, 0.1) is 0 Å². The van der Waals surface area contributed by atoms with E-state index >= 15 is 0 Å². The summed E-state index contributed by atoms with van der Waals surface area (Å²) < 4.78 is 10.5. The third-order valence-corrected chi connectivity index (χ3v) is 4.47. The van der Waals surface area contributed by atoms with Crippen molar-refractivity contribution in [2.24, 2.45) is 0 Å². The Morgan fingerprint density at radius 3 is 2.72 bits per heavy atom. The van der Waals surface area contributed by atoms with Crippen molar-refractivity contribution in [3.8, 4) is 17.0 Å². The maximum Gasteiger partial charge on any atom is 0.349 e. The molecular formula is C22H17N3O4. The highest BCUT2D eigenvalue weighted by atomic mass is 16.5. The topological polar surface area (TPSA) is 94.3 Å². The van der Waals surface area contributed by atoms with Gasteiger partial charge in [0.15, 0.2) is 11.3 Å². The number of aromatic nitrogens is 2. The number of amides is 1. The second kappa shape index (κ2) is 7.93. The van der Waals surface area contributed by atoms with Crippen molar-refractivity contribution >= 4 is 16.9 Å². The van der Waals surface area contributed by atoms with E-state index in [0.717, 1.165) is 16.8 Å². The summed E-state index contributed by atoms with van der Waals surface area (Å²) in [4.78, 5) is 33.4. The number of hydrogen-bond donors (Lipinski definition) is 1. The van der Waals surface area contributed by atoms with Gasteiger partial charge in [0, 0.05) is 36.1 Å². The molecule has 1 N–H and O–H groups in total. The number of para-hydroxylation sites is 1. The minimum Gasteiger partial charge on any atom is -0.493 e. The Kier molecular flexibility index (Phi) is 5.03. The fourth-order valence-electron chi connectivity index (χ4n) is 3.06. The van der Waals surface area contributed by atoms with Gasteiger partial charge >= 0.3 is 5.63 Å². The third kappa shape index (κ3) is 3.70. The van der Waals surface area contributed by atoms with E-state index in [4.69, 9.17) is 9.15 Å². The van der Waals surface area contributed by atoms with Crippen LogP contribution in [0.3, 0.4) is 0 Å². The fourth-order valence-corrected chi connectivity index (χ4v) is 3.06. The Labute approximate surface area is 166 Å². The van der Waals surface area contributed by atoms with Gasteiger partial charge in [-0.05, 0) is 35.9 Å². The van der Waals surface area contributed by atoms with Crippen LogP contribution in [-0.4, -0.2) is 23.0 Å². The Morgan fingerprint density at radius 1 is 1.10 bits per heavy atom. The molecule has 1 amide bonds. The van der Waals surface area contributed by atoms with Gasteiger partial charge in [-0.25, -0.2) is 4.79 Å². The molecule has 4 rings (SSSR count). The number of rotatable bonds is 5. The number of nitrogens with zero attached hydrogens (tertiary/aromatic N) is 2. The van der Waals surface area contributed by atoms with Crippen LogP contribution in [0.4, 0.5) is 0 Å². The zero-order valence-electron chi connectivity index (χ0n) is 15.6. The minimum atomic E-state index is -0.722. The number of carbonyl (C=O) groups is 1. The molecule has 0 saturated carbocycles. The molecule has 7 heteroatoms. The summed E-state index contributed by atoms with van der Waals surface area (Å²) in [5.41, 5.74) is 1.97. The molecule has 0 atom stereocenters. The summed E-state index contributed by atoms with van der Waals surface area (Å²) in [5.74, 6) is -0.0862. The SMILES string of the molecule is COc1cccc2cc(C(=O)NCc3cccnc3-c3ccncc3)c(=O)oc12. The number of methoxy groups -OCH3 is 1. The van der Waals surface area contributed by atoms with Gasteiger partial charge in [0.1, 0.15) is 5.56 Å². The molecule has 0 spiro atoms. The van der Waals surface area contributed by atoms with Crippen LogP contribution in [-0.2, 0) is 6.54 Å². The molecule has 0 fully saturated rings. The van der Waals surface area contributed by atoms with Crippen LogP contribution in [0.2, 0.25) is 0 Å². The molecule has 0 aliphatic rings. The summed E-state index contributed by atoms with van der Waals surface area (Å²) in [6.07, 6.45) is 5.05. The normalized spacial score (nSPS) is 10.7. The quantitative estimate of drug-likeness (QED) is 0.529. The van der Waals surface area contributed by atoms with Gasteiger partial charge in [0.25, 0.3) is 5.91 Å². The highest BCUT2D eigenvalue weighted by Crippen LogP contribution is 2.24. The molecule has 7 nitrogen and oxygen atoms in total. The molecular weight excluding hydrogens is 370 g/mol. The van der Waals surface area contributed by atoms with E-state index in [1.165, 1.54) is 13.2 Å². The van der Waals surface area contributed by atoms with Gasteiger partial charge in [-0.3, -0.25) is 14.8 Å². The van der Waals surface area contributed by atoms with Gasteiger partial charge in [-0.2, -0.15) is 0 Å². The minimum absolute atomic E-state index is 0.0693. The summed E-state index contributed by atoms with van der Waals surface area (Å²) in [7, 11) is 1.49. The van der Waals surface area contributed by atoms with Crippen LogP contribution in [0.5, 0.6) is 5.75 Å². The monoisotopic (exact) mass is 387 g/mol. The van der Waals surface area contributed by atoms with E-state index in [1.807, 2.05) is 18.2 Å². The molecule has 0 unspecified atom stereocenters. The van der Waals surface area contributed by atoms with Crippen molar-refractivity contribution in [2.75, 3.05) is 7.11 Å². The number of hydrogen-bond acceptors (Lipinski definition) is 6. The molecule has 29 heavy (non-hydrogen) atoms. The van der Waals surface area contributed by atoms with Crippen molar-refractivity contribution in [1.29, 1.82) is 0 Å². The van der Waals surface area contributed by atoms with Gasteiger partial charge in [0.2, 0.25) is 0 Å². The standard InChI is InChI=1S/C22H17N3O4/c1-28-18-6-2-4-15-12-17(22(27)29-20(15)18)21(26)25-13-16-5-3-9-24-19(16)14-7-10-23-11-8-14/h2-12H,13H2,1H3,(H,25,26). The number of fused-ring (bicyclic) bond motifs is 1. The number of nitrogens with one attached hydrogen (secondary N) is 1. The summed E-state index contributed by atoms with van der Waals surface area (Å²) >= 11 is 0. The molecule has 0 aliphatic heterocycles. The second-order valence-corrected chi connectivity index (χ2v) is 6.26. The third-order valence-electron chi connectivity index (χ3n) is 4.47. The van der Waals surface area contributed by atoms with Crippen LogP contribution < -0.4 is 15.7 Å². The number of benzene rings is 1. The summed E-state index contributed by atoms with van der Waals surface area (Å²) in [6, 6.07) is 14.1. The van der Waals surface area contributed by atoms with E-state index in [0.29, 0.717) is 16.7 Å². The lowest BCUT2D eigenvalue weighted by Crippen LogP contribution is -2.28. The molecule has 3 heterocycles. The van der Waals surface area contributed by atoms with Crippen molar-refractivity contribution in [3.63, 3.8) is 0 Å². The van der Waals surface area contributed by atoms with Crippen LogP contribution in [0.25, 0.3) is 22.2 Å². The van der Waals surface area contributed by atoms with E-state index < -0.39 is 11.5 Å². The summed E-state index contributed by atoms with van der Waals surface area (Å²) in [5, 5.41) is 3.38. The van der Waals surface area contributed by atoms with Crippen molar-refractivity contribution in [3.05, 3.63) is 88.7 Å². The predicted molar refractivity (Wildman–Crippen MR) is 108 cm³/mol.